The highest BCUT2D eigenvalue weighted by molar-refractivity contribution is 7.99. The largest absolute Gasteiger partial charge is 0.322 e. The number of nitrogens with one attached hydrogen (secondary N) is 1. The van der Waals surface area contributed by atoms with E-state index in [4.69, 9.17) is 0 Å². The maximum atomic E-state index is 12.9. The number of thioether (sulfide) groups is 2. The first-order valence-electron chi connectivity index (χ1n) is 10.3. The van der Waals surface area contributed by atoms with Gasteiger partial charge in [-0.25, -0.2) is 4.98 Å². The van der Waals surface area contributed by atoms with Crippen LogP contribution in [0.3, 0.4) is 0 Å². The van der Waals surface area contributed by atoms with Crippen LogP contribution in [-0.4, -0.2) is 23.4 Å². The molecule has 5 heteroatoms. The summed E-state index contributed by atoms with van der Waals surface area (Å²) in [5.41, 5.74) is 1.49. The number of hydrogen-bond acceptors (Lipinski definition) is 4. The van der Waals surface area contributed by atoms with Gasteiger partial charge in [-0.1, -0.05) is 72.1 Å². The van der Waals surface area contributed by atoms with Crippen molar-refractivity contribution in [1.82, 2.24) is 4.98 Å². The molecular weight excluding hydrogens is 372 g/mol. The molecule has 27 heavy (non-hydrogen) atoms. The first kappa shape index (κ1) is 24.4. The second-order valence-electron chi connectivity index (χ2n) is 7.91. The second kappa shape index (κ2) is 12.7. The van der Waals surface area contributed by atoms with Crippen LogP contribution in [0.25, 0.3) is 0 Å². The summed E-state index contributed by atoms with van der Waals surface area (Å²) in [6.45, 7) is 8.37. The number of rotatable bonds is 13. The molecule has 1 aromatic rings. The normalized spacial score (nSPS) is 11.6. The number of aromatic nitrogens is 1. The predicted molar refractivity (Wildman–Crippen MR) is 122 cm³/mol. The van der Waals surface area contributed by atoms with E-state index < -0.39 is 0 Å². The minimum Gasteiger partial charge on any atom is -0.322 e. The van der Waals surface area contributed by atoms with Gasteiger partial charge in [0.05, 0.1) is 5.69 Å². The molecule has 0 aromatic carbocycles. The lowest BCUT2D eigenvalue weighted by Crippen LogP contribution is -2.31. The molecule has 3 nitrogen and oxygen atoms in total. The molecule has 0 unspecified atom stereocenters. The van der Waals surface area contributed by atoms with Gasteiger partial charge in [0.15, 0.2) is 0 Å². The Kier molecular flexibility index (Phi) is 11.5. The molecule has 1 heterocycles. The van der Waals surface area contributed by atoms with E-state index >= 15 is 0 Å². The third-order valence-corrected chi connectivity index (χ3v) is 6.44. The Morgan fingerprint density at radius 2 is 1.63 bits per heavy atom. The van der Waals surface area contributed by atoms with Crippen molar-refractivity contribution in [1.29, 1.82) is 0 Å². The predicted octanol–water partition coefficient (Wildman–Crippen LogP) is 7.33. The first-order chi connectivity index (χ1) is 12.9. The molecule has 0 aliphatic carbocycles. The Bertz CT molecular complexity index is 563. The van der Waals surface area contributed by atoms with E-state index in [1.807, 2.05) is 25.5 Å². The van der Waals surface area contributed by atoms with E-state index in [9.17, 15) is 4.79 Å². The van der Waals surface area contributed by atoms with Gasteiger partial charge in [0.2, 0.25) is 5.91 Å². The van der Waals surface area contributed by atoms with Gasteiger partial charge in [0.1, 0.15) is 5.03 Å². The first-order valence-corrected chi connectivity index (χ1v) is 12.7. The van der Waals surface area contributed by atoms with Crippen LogP contribution in [0, 0.1) is 12.3 Å². The van der Waals surface area contributed by atoms with Crippen LogP contribution >= 0.6 is 23.5 Å². The molecule has 1 N–H and O–H groups in total. The average molecular weight is 411 g/mol. The quantitative estimate of drug-likeness (QED) is 0.273. The summed E-state index contributed by atoms with van der Waals surface area (Å²) in [7, 11) is 0. The second-order valence-corrected chi connectivity index (χ2v) is 9.56. The smallest absolute Gasteiger partial charge is 0.230 e. The molecule has 154 valence electrons. The zero-order chi connectivity index (χ0) is 20.3. The SMILES string of the molecule is CCCCCCCCCCC(C)(C)C(=O)Nc1c(SC)cc(C)nc1SC. The number of pyridine rings is 1. The summed E-state index contributed by atoms with van der Waals surface area (Å²) in [5.74, 6) is 0.0988. The van der Waals surface area contributed by atoms with Gasteiger partial charge in [-0.05, 0) is 31.9 Å². The highest BCUT2D eigenvalue weighted by Crippen LogP contribution is 2.35. The maximum absolute atomic E-state index is 12.9. The van der Waals surface area contributed by atoms with Gasteiger partial charge in [0.25, 0.3) is 0 Å². The van der Waals surface area contributed by atoms with E-state index in [0.717, 1.165) is 34.1 Å². The van der Waals surface area contributed by atoms with Crippen molar-refractivity contribution in [2.45, 2.75) is 95.4 Å². The van der Waals surface area contributed by atoms with Crippen molar-refractivity contribution >= 4 is 35.1 Å². The van der Waals surface area contributed by atoms with Crippen LogP contribution in [-0.2, 0) is 4.79 Å². The minimum atomic E-state index is -0.363. The van der Waals surface area contributed by atoms with Crippen LogP contribution in [0.1, 0.15) is 84.3 Å². The van der Waals surface area contributed by atoms with Crippen molar-refractivity contribution in [2.24, 2.45) is 5.41 Å². The van der Waals surface area contributed by atoms with Crippen LogP contribution in [0.15, 0.2) is 16.0 Å². The van der Waals surface area contributed by atoms with Crippen LogP contribution < -0.4 is 5.32 Å². The fraction of sp³-hybridized carbons (Fsp3) is 0.727. The topological polar surface area (TPSA) is 42.0 Å². The number of hydrogen-bond donors (Lipinski definition) is 1. The fourth-order valence-corrected chi connectivity index (χ4v) is 4.44. The standard InChI is InChI=1S/C22H38N2OS2/c1-7-8-9-10-11-12-13-14-15-22(3,4)21(25)24-19-18(26-5)16-17(2)23-20(19)27-6/h16H,7-15H2,1-6H3,(H,24,25). The van der Waals surface area contributed by atoms with Gasteiger partial charge < -0.3 is 5.32 Å². The van der Waals surface area contributed by atoms with Gasteiger partial charge in [-0.2, -0.15) is 0 Å². The number of carbonyl (C=O) groups is 1. The number of amides is 1. The average Bonchev–Trinajstić information content (AvgIpc) is 2.64. The van der Waals surface area contributed by atoms with Crippen LogP contribution in [0.5, 0.6) is 0 Å². The van der Waals surface area contributed by atoms with Gasteiger partial charge in [-0.15, -0.1) is 23.5 Å². The fourth-order valence-electron chi connectivity index (χ4n) is 3.14. The summed E-state index contributed by atoms with van der Waals surface area (Å²) in [6.07, 6.45) is 15.3. The molecule has 0 saturated heterocycles. The number of unbranched alkanes of at least 4 members (excludes halogenated alkanes) is 7. The van der Waals surface area contributed by atoms with Crippen molar-refractivity contribution < 1.29 is 4.79 Å². The molecule has 1 aromatic heterocycles. The monoisotopic (exact) mass is 410 g/mol. The maximum Gasteiger partial charge on any atom is 0.230 e. The Balaban J connectivity index is 2.55. The third-order valence-electron chi connectivity index (χ3n) is 5.00. The number of aryl methyl sites for hydroxylation is 1. The van der Waals surface area contributed by atoms with Gasteiger partial charge in [-0.3, -0.25) is 4.79 Å². The molecule has 1 rings (SSSR count). The summed E-state index contributed by atoms with van der Waals surface area (Å²) in [4.78, 5) is 18.6. The summed E-state index contributed by atoms with van der Waals surface area (Å²) < 4.78 is 0. The molecule has 1 amide bonds. The van der Waals surface area contributed by atoms with Crippen LogP contribution in [0.2, 0.25) is 0 Å². The van der Waals surface area contributed by atoms with Crippen LogP contribution in [0.4, 0.5) is 5.69 Å². The van der Waals surface area contributed by atoms with Crippen molar-refractivity contribution in [3.05, 3.63) is 11.8 Å². The van der Waals surface area contributed by atoms with Crippen molar-refractivity contribution in [3.8, 4) is 0 Å². The van der Waals surface area contributed by atoms with E-state index in [2.05, 4.69) is 31.1 Å². The number of carbonyl (C=O) groups excluding carboxylic acids is 1. The molecule has 0 bridgehead atoms. The lowest BCUT2D eigenvalue weighted by atomic mass is 9.85. The summed E-state index contributed by atoms with van der Waals surface area (Å²) in [5, 5.41) is 4.08. The van der Waals surface area contributed by atoms with E-state index in [1.54, 1.807) is 23.5 Å². The molecule has 0 atom stereocenters. The van der Waals surface area contributed by atoms with Gasteiger partial charge in [0, 0.05) is 16.0 Å². The zero-order valence-corrected chi connectivity index (χ0v) is 19.7. The highest BCUT2D eigenvalue weighted by atomic mass is 32.2. The molecule has 0 aliphatic heterocycles. The molecule has 0 aliphatic rings. The molecule has 0 radical (unpaired) electrons. The number of nitrogens with zero attached hydrogens (tertiary/aromatic N) is 1. The Morgan fingerprint density at radius 1 is 1.04 bits per heavy atom. The molecule has 0 spiro atoms. The zero-order valence-electron chi connectivity index (χ0n) is 18.1. The lowest BCUT2D eigenvalue weighted by Gasteiger charge is -2.25. The Morgan fingerprint density at radius 3 is 2.19 bits per heavy atom. The lowest BCUT2D eigenvalue weighted by molar-refractivity contribution is -0.124. The molecule has 0 saturated carbocycles. The van der Waals surface area contributed by atoms with Gasteiger partial charge >= 0.3 is 0 Å². The number of anilines is 1. The van der Waals surface area contributed by atoms with Crippen molar-refractivity contribution in [2.75, 3.05) is 17.8 Å². The summed E-state index contributed by atoms with van der Waals surface area (Å²) in [6, 6.07) is 2.05. The Labute approximate surface area is 175 Å². The molecular formula is C22H38N2OS2. The van der Waals surface area contributed by atoms with E-state index in [1.165, 1.54) is 44.9 Å². The Hall–Kier alpha value is -0.680. The summed E-state index contributed by atoms with van der Waals surface area (Å²) >= 11 is 3.24. The van der Waals surface area contributed by atoms with E-state index in [-0.39, 0.29) is 11.3 Å². The highest BCUT2D eigenvalue weighted by Gasteiger charge is 2.28. The van der Waals surface area contributed by atoms with Crippen molar-refractivity contribution in [3.63, 3.8) is 0 Å². The minimum absolute atomic E-state index is 0.0988. The molecule has 0 fully saturated rings. The van der Waals surface area contributed by atoms with E-state index in [0.29, 0.717) is 0 Å². The third kappa shape index (κ3) is 8.47.